The Morgan fingerprint density at radius 2 is 1.73 bits per heavy atom. The Morgan fingerprint density at radius 3 is 2.41 bits per heavy atom. The number of esters is 1. The monoisotopic (exact) mass is 613 g/mol. The second kappa shape index (κ2) is 13.5. The van der Waals surface area contributed by atoms with Gasteiger partial charge in [-0.05, 0) is 96.8 Å². The molecule has 1 aliphatic rings. The summed E-state index contributed by atoms with van der Waals surface area (Å²) in [5.41, 5.74) is 2.92. The molecule has 0 saturated carbocycles. The maximum absolute atomic E-state index is 13.1. The van der Waals surface area contributed by atoms with Crippen molar-refractivity contribution in [3.63, 3.8) is 0 Å². The lowest BCUT2D eigenvalue weighted by Gasteiger charge is -2.17. The zero-order valence-corrected chi connectivity index (χ0v) is 25.4. The van der Waals surface area contributed by atoms with Crippen molar-refractivity contribution < 1.29 is 28.6 Å². The third kappa shape index (κ3) is 7.44. The van der Waals surface area contributed by atoms with Crippen LogP contribution >= 0.6 is 35.0 Å². The van der Waals surface area contributed by atoms with Crippen molar-refractivity contribution in [2.75, 3.05) is 19.8 Å². The molecule has 1 fully saturated rings. The van der Waals surface area contributed by atoms with Gasteiger partial charge in [-0.1, -0.05) is 49.2 Å². The smallest absolute Gasteiger partial charge is 0.343 e. The minimum Gasteiger partial charge on any atom is -0.491 e. The first-order valence-corrected chi connectivity index (χ1v) is 14.6. The van der Waals surface area contributed by atoms with Crippen molar-refractivity contribution in [1.82, 2.24) is 4.90 Å². The number of ether oxygens (including phenoxy) is 3. The van der Waals surface area contributed by atoms with E-state index in [4.69, 9.17) is 37.4 Å². The van der Waals surface area contributed by atoms with E-state index in [0.29, 0.717) is 10.6 Å². The van der Waals surface area contributed by atoms with Crippen molar-refractivity contribution in [1.29, 1.82) is 0 Å². The van der Waals surface area contributed by atoms with Gasteiger partial charge < -0.3 is 14.2 Å². The Kier molecular flexibility index (Phi) is 10.0. The summed E-state index contributed by atoms with van der Waals surface area (Å²) in [7, 11) is 0. The van der Waals surface area contributed by atoms with Gasteiger partial charge in [0.05, 0.1) is 28.6 Å². The van der Waals surface area contributed by atoms with Crippen LogP contribution in [0.4, 0.5) is 4.79 Å². The molecule has 0 unspecified atom stereocenters. The molecule has 1 aliphatic heterocycles. The lowest BCUT2D eigenvalue weighted by molar-refractivity contribution is -0.123. The first kappa shape index (κ1) is 30.5. The normalized spacial score (nSPS) is 14.2. The Balaban J connectivity index is 1.49. The van der Waals surface area contributed by atoms with Crippen LogP contribution in [-0.2, 0) is 4.79 Å². The van der Waals surface area contributed by atoms with Gasteiger partial charge in [0.15, 0.2) is 11.5 Å². The van der Waals surface area contributed by atoms with E-state index in [1.165, 1.54) is 6.07 Å². The van der Waals surface area contributed by atoms with Crippen LogP contribution in [0.3, 0.4) is 0 Å². The summed E-state index contributed by atoms with van der Waals surface area (Å²) in [6.45, 7) is 8.48. The molecule has 0 spiro atoms. The van der Waals surface area contributed by atoms with Crippen molar-refractivity contribution >= 4 is 58.2 Å². The number of nitrogens with zero attached hydrogens (tertiary/aromatic N) is 1. The quantitative estimate of drug-likeness (QED) is 0.129. The number of imide groups is 1. The summed E-state index contributed by atoms with van der Waals surface area (Å²) in [5.74, 6) is 0.230. The molecule has 0 atom stereocenters. The molecule has 2 amide bonds. The fraction of sp³-hybridized carbons (Fsp3) is 0.258. The van der Waals surface area contributed by atoms with Crippen LogP contribution < -0.4 is 14.2 Å². The Bertz CT molecular complexity index is 1500. The summed E-state index contributed by atoms with van der Waals surface area (Å²) in [5, 5.41) is 0.210. The average Bonchev–Trinajstić information content (AvgIpc) is 3.18. The summed E-state index contributed by atoms with van der Waals surface area (Å²) < 4.78 is 17.2. The molecule has 214 valence electrons. The first-order valence-electron chi connectivity index (χ1n) is 13.0. The first-order chi connectivity index (χ1) is 19.6. The number of hydrogen-bond donors (Lipinski definition) is 0. The largest absolute Gasteiger partial charge is 0.491 e. The Morgan fingerprint density at radius 1 is 1.00 bits per heavy atom. The van der Waals surface area contributed by atoms with Gasteiger partial charge in [-0.25, -0.2) is 4.79 Å². The van der Waals surface area contributed by atoms with E-state index in [-0.39, 0.29) is 57.9 Å². The highest BCUT2D eigenvalue weighted by Crippen LogP contribution is 2.39. The van der Waals surface area contributed by atoms with E-state index in [9.17, 15) is 14.4 Å². The zero-order chi connectivity index (χ0) is 29.7. The highest BCUT2D eigenvalue weighted by atomic mass is 35.5. The molecule has 1 saturated heterocycles. The molecule has 0 radical (unpaired) electrons. The minimum atomic E-state index is -0.633. The molecule has 41 heavy (non-hydrogen) atoms. The van der Waals surface area contributed by atoms with E-state index in [2.05, 4.69) is 13.8 Å². The third-order valence-electron chi connectivity index (χ3n) is 6.14. The number of hydrogen-bond acceptors (Lipinski definition) is 7. The average molecular weight is 615 g/mol. The Labute approximate surface area is 253 Å². The van der Waals surface area contributed by atoms with E-state index in [0.717, 1.165) is 33.5 Å². The number of aryl methyl sites for hydroxylation is 1. The molecule has 0 aromatic heterocycles. The van der Waals surface area contributed by atoms with Crippen LogP contribution in [-0.4, -0.2) is 41.8 Å². The minimum absolute atomic E-state index is 0.0489. The maximum atomic E-state index is 13.1. The molecule has 0 N–H and O–H groups in total. The van der Waals surface area contributed by atoms with Gasteiger partial charge >= 0.3 is 5.97 Å². The number of rotatable bonds is 10. The molecule has 0 bridgehead atoms. The topological polar surface area (TPSA) is 82.1 Å². The fourth-order valence-electron chi connectivity index (χ4n) is 4.11. The lowest BCUT2D eigenvalue weighted by Crippen LogP contribution is -2.32. The van der Waals surface area contributed by atoms with Crippen LogP contribution in [0.5, 0.6) is 17.2 Å². The number of carbonyl (C=O) groups is 3. The third-order valence-corrected chi connectivity index (χ3v) is 7.58. The van der Waals surface area contributed by atoms with Crippen LogP contribution in [0.1, 0.15) is 53.7 Å². The van der Waals surface area contributed by atoms with Crippen LogP contribution in [0.15, 0.2) is 59.5 Å². The molecule has 1 heterocycles. The number of carbonyl (C=O) groups excluding carboxylic acids is 3. The molecule has 3 aromatic carbocycles. The number of amides is 2. The van der Waals surface area contributed by atoms with E-state index in [1.54, 1.807) is 43.3 Å². The van der Waals surface area contributed by atoms with Crippen molar-refractivity contribution in [2.45, 2.75) is 33.6 Å². The van der Waals surface area contributed by atoms with Crippen LogP contribution in [0.2, 0.25) is 10.0 Å². The SMILES string of the molecule is CCOc1cc(/C=C2\SC(=O)N(CCOc3cc(C)ccc3C(C)C)C2=O)cc(Cl)c1OC(=O)c1ccc(Cl)cc1. The maximum Gasteiger partial charge on any atom is 0.343 e. The predicted octanol–water partition coefficient (Wildman–Crippen LogP) is 8.16. The summed E-state index contributed by atoms with van der Waals surface area (Å²) >= 11 is 13.2. The zero-order valence-electron chi connectivity index (χ0n) is 23.0. The van der Waals surface area contributed by atoms with Gasteiger partial charge in [0.1, 0.15) is 12.4 Å². The van der Waals surface area contributed by atoms with Gasteiger partial charge in [-0.3, -0.25) is 14.5 Å². The molecule has 10 heteroatoms. The molecular weight excluding hydrogens is 585 g/mol. The summed E-state index contributed by atoms with van der Waals surface area (Å²) in [4.78, 5) is 39.8. The van der Waals surface area contributed by atoms with Gasteiger partial charge in [0.2, 0.25) is 0 Å². The van der Waals surface area contributed by atoms with Crippen molar-refractivity contribution in [3.8, 4) is 17.2 Å². The van der Waals surface area contributed by atoms with E-state index >= 15 is 0 Å². The van der Waals surface area contributed by atoms with Crippen molar-refractivity contribution in [3.05, 3.63) is 91.8 Å². The lowest BCUT2D eigenvalue weighted by atomic mass is 10.0. The Hall–Kier alpha value is -3.46. The number of thioether (sulfide) groups is 1. The highest BCUT2D eigenvalue weighted by Gasteiger charge is 2.35. The van der Waals surface area contributed by atoms with Gasteiger partial charge in [0.25, 0.3) is 11.1 Å². The molecule has 7 nitrogen and oxygen atoms in total. The molecule has 4 rings (SSSR count). The highest BCUT2D eigenvalue weighted by molar-refractivity contribution is 8.18. The van der Waals surface area contributed by atoms with Crippen LogP contribution in [0.25, 0.3) is 6.08 Å². The number of benzene rings is 3. The predicted molar refractivity (Wildman–Crippen MR) is 162 cm³/mol. The second-order valence-corrected chi connectivity index (χ2v) is 11.4. The standard InChI is InChI=1S/C31H29Cl2NO6S/c1-5-38-26-16-20(15-24(33)28(26)40-30(36)21-7-9-22(32)10-8-21)17-27-29(35)34(31(37)41-27)12-13-39-25-14-19(4)6-11-23(25)18(2)3/h6-11,14-18H,5,12-13H2,1-4H3/b27-17-. The van der Waals surface area contributed by atoms with E-state index < -0.39 is 11.9 Å². The summed E-state index contributed by atoms with van der Waals surface area (Å²) in [6.07, 6.45) is 1.56. The number of halogens is 2. The van der Waals surface area contributed by atoms with Crippen LogP contribution in [0, 0.1) is 6.92 Å². The molecular formula is C31H29Cl2NO6S. The molecule has 3 aromatic rings. The van der Waals surface area contributed by atoms with Gasteiger partial charge in [-0.15, -0.1) is 0 Å². The fourth-order valence-corrected chi connectivity index (χ4v) is 5.35. The van der Waals surface area contributed by atoms with Gasteiger partial charge in [-0.2, -0.15) is 0 Å². The summed E-state index contributed by atoms with van der Waals surface area (Å²) in [6, 6.07) is 15.4. The van der Waals surface area contributed by atoms with Gasteiger partial charge in [0, 0.05) is 5.02 Å². The van der Waals surface area contributed by atoms with E-state index in [1.807, 2.05) is 25.1 Å². The molecule has 0 aliphatic carbocycles. The second-order valence-electron chi connectivity index (χ2n) is 9.54. The van der Waals surface area contributed by atoms with Crippen molar-refractivity contribution in [2.24, 2.45) is 0 Å².